The highest BCUT2D eigenvalue weighted by atomic mass is 16.5. The van der Waals surface area contributed by atoms with E-state index >= 15 is 0 Å². The van der Waals surface area contributed by atoms with Gasteiger partial charge < -0.3 is 15.0 Å². The summed E-state index contributed by atoms with van der Waals surface area (Å²) in [6, 6.07) is 3.94. The minimum absolute atomic E-state index is 0.00593. The average molecular weight is 263 g/mol. The van der Waals surface area contributed by atoms with Gasteiger partial charge in [-0.15, -0.1) is 0 Å². The van der Waals surface area contributed by atoms with Gasteiger partial charge >= 0.3 is 6.03 Å². The van der Waals surface area contributed by atoms with Crippen LogP contribution in [0.25, 0.3) is 0 Å². The van der Waals surface area contributed by atoms with E-state index in [2.05, 4.69) is 10.3 Å². The summed E-state index contributed by atoms with van der Waals surface area (Å²) in [5, 5.41) is 2.96. The topological polar surface area (TPSA) is 54.5 Å². The molecule has 19 heavy (non-hydrogen) atoms. The van der Waals surface area contributed by atoms with E-state index in [4.69, 9.17) is 4.74 Å². The Labute approximate surface area is 114 Å². The fourth-order valence-electron chi connectivity index (χ4n) is 2.15. The fraction of sp³-hybridized carbons (Fsp3) is 0.571. The molecule has 1 atom stereocenters. The van der Waals surface area contributed by atoms with Crippen molar-refractivity contribution in [2.45, 2.75) is 25.9 Å². The van der Waals surface area contributed by atoms with E-state index in [1.165, 1.54) is 5.56 Å². The van der Waals surface area contributed by atoms with E-state index in [-0.39, 0.29) is 12.1 Å². The monoisotopic (exact) mass is 263 g/mol. The van der Waals surface area contributed by atoms with Gasteiger partial charge in [0.2, 0.25) is 0 Å². The van der Waals surface area contributed by atoms with Crippen LogP contribution in [-0.4, -0.2) is 48.3 Å². The average Bonchev–Trinajstić information content (AvgIpc) is 2.64. The maximum Gasteiger partial charge on any atom is 0.317 e. The van der Waals surface area contributed by atoms with Crippen molar-refractivity contribution in [1.82, 2.24) is 15.2 Å². The molecule has 1 aromatic heterocycles. The van der Waals surface area contributed by atoms with Crippen LogP contribution in [0, 0.1) is 0 Å². The lowest BCUT2D eigenvalue weighted by Gasteiger charge is -2.22. The van der Waals surface area contributed by atoms with E-state index in [0.717, 1.165) is 26.0 Å². The summed E-state index contributed by atoms with van der Waals surface area (Å²) in [7, 11) is 0. The van der Waals surface area contributed by atoms with Crippen molar-refractivity contribution in [2.75, 3.05) is 26.2 Å². The smallest absolute Gasteiger partial charge is 0.317 e. The van der Waals surface area contributed by atoms with Gasteiger partial charge in [-0.25, -0.2) is 4.79 Å². The van der Waals surface area contributed by atoms with Crippen molar-refractivity contribution in [1.29, 1.82) is 0 Å². The lowest BCUT2D eigenvalue weighted by molar-refractivity contribution is 0.0711. The highest BCUT2D eigenvalue weighted by molar-refractivity contribution is 5.74. The van der Waals surface area contributed by atoms with Crippen LogP contribution >= 0.6 is 0 Å². The molecule has 1 fully saturated rings. The minimum atomic E-state index is 0.00593. The number of amides is 2. The maximum absolute atomic E-state index is 12.0. The summed E-state index contributed by atoms with van der Waals surface area (Å²) in [5.74, 6) is 0. The Hall–Kier alpha value is -1.62. The number of ether oxygens (including phenoxy) is 1. The van der Waals surface area contributed by atoms with Crippen molar-refractivity contribution in [3.8, 4) is 0 Å². The molecule has 0 bridgehead atoms. The molecule has 2 heterocycles. The zero-order chi connectivity index (χ0) is 13.5. The second-order valence-electron chi connectivity index (χ2n) is 4.82. The molecule has 0 aromatic carbocycles. The first-order chi connectivity index (χ1) is 9.25. The maximum atomic E-state index is 12.0. The molecule has 1 N–H and O–H groups in total. The lowest BCUT2D eigenvalue weighted by Crippen LogP contribution is -2.43. The molecule has 0 unspecified atom stereocenters. The molecular weight excluding hydrogens is 242 g/mol. The van der Waals surface area contributed by atoms with Gasteiger partial charge in [0, 0.05) is 38.6 Å². The molecule has 5 nitrogen and oxygen atoms in total. The first-order valence-corrected chi connectivity index (χ1v) is 6.79. The molecule has 0 saturated carbocycles. The summed E-state index contributed by atoms with van der Waals surface area (Å²) in [4.78, 5) is 17.8. The van der Waals surface area contributed by atoms with Gasteiger partial charge in [-0.3, -0.25) is 4.98 Å². The van der Waals surface area contributed by atoms with Gasteiger partial charge in [0.05, 0.1) is 6.10 Å². The number of urea groups is 1. The first-order valence-electron chi connectivity index (χ1n) is 6.79. The van der Waals surface area contributed by atoms with E-state index in [0.29, 0.717) is 13.1 Å². The normalized spacial score (nSPS) is 19.8. The van der Waals surface area contributed by atoms with E-state index in [9.17, 15) is 4.79 Å². The van der Waals surface area contributed by atoms with Crippen LogP contribution in [0.2, 0.25) is 0 Å². The number of carbonyl (C=O) groups excluding carboxylic acids is 1. The van der Waals surface area contributed by atoms with Gasteiger partial charge in [0.25, 0.3) is 0 Å². The number of hydrogen-bond donors (Lipinski definition) is 1. The highest BCUT2D eigenvalue weighted by Gasteiger charge is 2.19. The van der Waals surface area contributed by atoms with Crippen LogP contribution in [-0.2, 0) is 11.2 Å². The number of nitrogens with zero attached hydrogens (tertiary/aromatic N) is 2. The van der Waals surface area contributed by atoms with E-state index in [1.807, 2.05) is 24.0 Å². The zero-order valence-corrected chi connectivity index (χ0v) is 11.3. The molecule has 0 radical (unpaired) electrons. The number of hydrogen-bond acceptors (Lipinski definition) is 3. The second-order valence-corrected chi connectivity index (χ2v) is 4.82. The van der Waals surface area contributed by atoms with Crippen LogP contribution in [0.1, 0.15) is 18.9 Å². The standard InChI is InChI=1S/C14H21N3O2/c1-12-11-17(9-2-10-19-12)14(18)16-8-5-13-3-6-15-7-4-13/h3-4,6-7,12H,2,5,8-11H2,1H3,(H,16,18)/t12-/m1/s1. The van der Waals surface area contributed by atoms with Crippen molar-refractivity contribution in [3.63, 3.8) is 0 Å². The highest BCUT2D eigenvalue weighted by Crippen LogP contribution is 2.05. The quantitative estimate of drug-likeness (QED) is 0.898. The molecule has 1 aliphatic rings. The van der Waals surface area contributed by atoms with Gasteiger partial charge in [-0.05, 0) is 37.5 Å². The van der Waals surface area contributed by atoms with Crippen LogP contribution in [0.15, 0.2) is 24.5 Å². The third-order valence-corrected chi connectivity index (χ3v) is 3.18. The lowest BCUT2D eigenvalue weighted by atomic mass is 10.2. The molecule has 1 aliphatic heterocycles. The number of rotatable bonds is 3. The molecular formula is C14H21N3O2. The van der Waals surface area contributed by atoms with Crippen molar-refractivity contribution in [2.24, 2.45) is 0 Å². The van der Waals surface area contributed by atoms with Gasteiger partial charge in [-0.2, -0.15) is 0 Å². The summed E-state index contributed by atoms with van der Waals surface area (Å²) < 4.78 is 5.53. The number of aromatic nitrogens is 1. The molecule has 5 heteroatoms. The van der Waals surface area contributed by atoms with Gasteiger partial charge in [-0.1, -0.05) is 0 Å². The summed E-state index contributed by atoms with van der Waals surface area (Å²) in [6.45, 7) is 4.83. The Kier molecular flexibility index (Phi) is 5.15. The summed E-state index contributed by atoms with van der Waals surface area (Å²) >= 11 is 0. The fourth-order valence-corrected chi connectivity index (χ4v) is 2.15. The van der Waals surface area contributed by atoms with E-state index in [1.54, 1.807) is 12.4 Å². The molecule has 104 valence electrons. The van der Waals surface area contributed by atoms with Gasteiger partial charge in [0.1, 0.15) is 0 Å². The van der Waals surface area contributed by atoms with Crippen molar-refractivity contribution in [3.05, 3.63) is 30.1 Å². The van der Waals surface area contributed by atoms with Crippen LogP contribution < -0.4 is 5.32 Å². The summed E-state index contributed by atoms with van der Waals surface area (Å²) in [6.07, 6.45) is 5.39. The molecule has 2 rings (SSSR count). The Balaban J connectivity index is 1.74. The Morgan fingerprint density at radius 3 is 3.11 bits per heavy atom. The Bertz CT molecular complexity index is 397. The van der Waals surface area contributed by atoms with E-state index < -0.39 is 0 Å². The first kappa shape index (κ1) is 13.8. The number of pyridine rings is 1. The largest absolute Gasteiger partial charge is 0.377 e. The molecule has 0 spiro atoms. The molecule has 1 aromatic rings. The van der Waals surface area contributed by atoms with Crippen LogP contribution in [0.5, 0.6) is 0 Å². The van der Waals surface area contributed by atoms with Crippen molar-refractivity contribution >= 4 is 6.03 Å². The molecule has 1 saturated heterocycles. The Morgan fingerprint density at radius 1 is 1.53 bits per heavy atom. The van der Waals surface area contributed by atoms with Gasteiger partial charge in [0.15, 0.2) is 0 Å². The number of carbonyl (C=O) groups is 1. The third kappa shape index (κ3) is 4.52. The minimum Gasteiger partial charge on any atom is -0.377 e. The zero-order valence-electron chi connectivity index (χ0n) is 11.3. The van der Waals surface area contributed by atoms with Crippen LogP contribution in [0.4, 0.5) is 4.79 Å². The second kappa shape index (κ2) is 7.09. The number of nitrogens with one attached hydrogen (secondary N) is 1. The summed E-state index contributed by atoms with van der Waals surface area (Å²) in [5.41, 5.74) is 1.18. The predicted octanol–water partition coefficient (Wildman–Crippen LogP) is 1.44. The van der Waals surface area contributed by atoms with Crippen LogP contribution in [0.3, 0.4) is 0 Å². The molecule has 2 amide bonds. The SMILES string of the molecule is C[C@@H]1CN(C(=O)NCCc2ccncc2)CCCO1. The molecule has 0 aliphatic carbocycles. The van der Waals surface area contributed by atoms with Crippen molar-refractivity contribution < 1.29 is 9.53 Å². The Morgan fingerprint density at radius 2 is 2.32 bits per heavy atom. The third-order valence-electron chi connectivity index (χ3n) is 3.18. The predicted molar refractivity (Wildman–Crippen MR) is 72.9 cm³/mol.